The van der Waals surface area contributed by atoms with Crippen LogP contribution in [0.5, 0.6) is 23.0 Å². The van der Waals surface area contributed by atoms with Crippen LogP contribution in [0.4, 0.5) is 5.69 Å². The van der Waals surface area contributed by atoms with E-state index in [1.54, 1.807) is 11.0 Å². The van der Waals surface area contributed by atoms with Crippen LogP contribution in [-0.4, -0.2) is 55.2 Å². The molecule has 1 aliphatic heterocycles. The maximum Gasteiger partial charge on any atom is 0.241 e. The molecule has 0 saturated carbocycles. The van der Waals surface area contributed by atoms with Gasteiger partial charge in [-0.3, -0.25) is 9.69 Å². The van der Waals surface area contributed by atoms with Crippen LogP contribution in [0.25, 0.3) is 0 Å². The van der Waals surface area contributed by atoms with E-state index in [0.29, 0.717) is 24.2 Å². The van der Waals surface area contributed by atoms with Crippen LogP contribution in [0.2, 0.25) is 0 Å². The van der Waals surface area contributed by atoms with Gasteiger partial charge in [-0.15, -0.1) is 0 Å². The number of anilines is 1. The van der Waals surface area contributed by atoms with Gasteiger partial charge in [-0.2, -0.15) is 0 Å². The number of phenols is 4. The van der Waals surface area contributed by atoms with Crippen LogP contribution in [0.3, 0.4) is 0 Å². The normalized spacial score (nSPS) is 18.3. The Hall–Kier alpha value is -2.97. The lowest BCUT2D eigenvalue weighted by Crippen LogP contribution is -2.46. The monoisotopic (exact) mass is 374 g/mol. The summed E-state index contributed by atoms with van der Waals surface area (Å²) in [4.78, 5) is 14.3. The molecule has 0 aromatic heterocycles. The first kappa shape index (κ1) is 18.8. The van der Waals surface area contributed by atoms with Gasteiger partial charge < -0.3 is 30.8 Å². The minimum atomic E-state index is -0.930. The zero-order chi connectivity index (χ0) is 19.6. The first-order valence-electron chi connectivity index (χ1n) is 8.62. The van der Waals surface area contributed by atoms with Gasteiger partial charge in [0.2, 0.25) is 5.91 Å². The van der Waals surface area contributed by atoms with Crippen molar-refractivity contribution in [1.82, 2.24) is 4.90 Å². The van der Waals surface area contributed by atoms with E-state index in [4.69, 9.17) is 0 Å². The second-order valence-corrected chi connectivity index (χ2v) is 6.60. The van der Waals surface area contributed by atoms with Crippen LogP contribution in [0.1, 0.15) is 18.4 Å². The van der Waals surface area contributed by atoms with Crippen molar-refractivity contribution < 1.29 is 30.3 Å². The molecule has 3 rings (SSSR count). The third kappa shape index (κ3) is 4.24. The molecule has 144 valence electrons. The summed E-state index contributed by atoms with van der Waals surface area (Å²) in [5.74, 6) is -1.41. The van der Waals surface area contributed by atoms with Gasteiger partial charge in [0.1, 0.15) is 6.23 Å². The Labute approximate surface area is 155 Å². The third-order valence-corrected chi connectivity index (χ3v) is 4.68. The summed E-state index contributed by atoms with van der Waals surface area (Å²) in [6.07, 6.45) is 0.586. The van der Waals surface area contributed by atoms with E-state index in [2.05, 4.69) is 5.32 Å². The van der Waals surface area contributed by atoms with E-state index in [9.17, 15) is 30.3 Å². The number of nitrogens with zero attached hydrogens (tertiary/aromatic N) is 1. The van der Waals surface area contributed by atoms with Gasteiger partial charge in [0.25, 0.3) is 0 Å². The quantitative estimate of drug-likeness (QED) is 0.345. The molecular weight excluding hydrogens is 352 g/mol. The summed E-state index contributed by atoms with van der Waals surface area (Å²) >= 11 is 0. The van der Waals surface area contributed by atoms with Crippen LogP contribution >= 0.6 is 0 Å². The molecule has 2 aromatic carbocycles. The van der Waals surface area contributed by atoms with Crippen molar-refractivity contribution in [1.29, 1.82) is 0 Å². The molecular formula is C19H22N2O6. The second-order valence-electron chi connectivity index (χ2n) is 6.60. The molecule has 0 bridgehead atoms. The van der Waals surface area contributed by atoms with Crippen LogP contribution in [-0.2, 0) is 11.2 Å². The molecule has 1 amide bonds. The minimum absolute atomic E-state index is 0.192. The SMILES string of the molecule is O=C(Nc1ccc(O)c(O)c1)C1CCCN1C(O)Cc1ccc(O)c(O)c1. The van der Waals surface area contributed by atoms with Crippen molar-refractivity contribution in [2.24, 2.45) is 0 Å². The van der Waals surface area contributed by atoms with Crippen LogP contribution in [0, 0.1) is 0 Å². The molecule has 2 unspecified atom stereocenters. The largest absolute Gasteiger partial charge is 0.504 e. The number of carbonyl (C=O) groups is 1. The first-order chi connectivity index (χ1) is 12.8. The molecule has 0 spiro atoms. The molecule has 0 radical (unpaired) electrons. The van der Waals surface area contributed by atoms with E-state index in [1.165, 1.54) is 30.3 Å². The molecule has 8 heteroatoms. The van der Waals surface area contributed by atoms with Crippen molar-refractivity contribution in [3.63, 3.8) is 0 Å². The minimum Gasteiger partial charge on any atom is -0.504 e. The predicted molar refractivity (Wildman–Crippen MR) is 97.6 cm³/mol. The van der Waals surface area contributed by atoms with Gasteiger partial charge >= 0.3 is 0 Å². The number of rotatable bonds is 5. The highest BCUT2D eigenvalue weighted by molar-refractivity contribution is 5.95. The number of benzene rings is 2. The van der Waals surface area contributed by atoms with Crippen molar-refractivity contribution >= 4 is 11.6 Å². The first-order valence-corrected chi connectivity index (χ1v) is 8.62. The highest BCUT2D eigenvalue weighted by Crippen LogP contribution is 2.29. The third-order valence-electron chi connectivity index (χ3n) is 4.68. The highest BCUT2D eigenvalue weighted by Gasteiger charge is 2.34. The molecule has 1 saturated heterocycles. The number of likely N-dealkylation sites (tertiary alicyclic amines) is 1. The Morgan fingerprint density at radius 1 is 1.04 bits per heavy atom. The lowest BCUT2D eigenvalue weighted by molar-refractivity contribution is -0.124. The maximum absolute atomic E-state index is 12.6. The smallest absolute Gasteiger partial charge is 0.241 e. The number of hydrogen-bond donors (Lipinski definition) is 6. The summed E-state index contributed by atoms with van der Waals surface area (Å²) < 4.78 is 0. The van der Waals surface area contributed by atoms with Gasteiger partial charge in [0.05, 0.1) is 6.04 Å². The Morgan fingerprint density at radius 3 is 2.37 bits per heavy atom. The summed E-state index contributed by atoms with van der Waals surface area (Å²) in [5, 5.41) is 51.1. The fraction of sp³-hybridized carbons (Fsp3) is 0.316. The molecule has 27 heavy (non-hydrogen) atoms. The molecule has 1 heterocycles. The summed E-state index contributed by atoms with van der Waals surface area (Å²) in [5.41, 5.74) is 0.979. The van der Waals surface area contributed by atoms with E-state index in [1.807, 2.05) is 0 Å². The number of amides is 1. The molecule has 1 fully saturated rings. The number of phenolic OH excluding ortho intramolecular Hbond substituents is 4. The lowest BCUT2D eigenvalue weighted by atomic mass is 10.1. The molecule has 0 aliphatic carbocycles. The fourth-order valence-corrected chi connectivity index (χ4v) is 3.28. The lowest BCUT2D eigenvalue weighted by Gasteiger charge is -2.28. The van der Waals surface area contributed by atoms with Gasteiger partial charge in [-0.25, -0.2) is 0 Å². The Morgan fingerprint density at radius 2 is 1.70 bits per heavy atom. The summed E-state index contributed by atoms with van der Waals surface area (Å²) in [6, 6.07) is 7.80. The molecule has 1 aliphatic rings. The average Bonchev–Trinajstić information content (AvgIpc) is 3.11. The molecule has 2 aromatic rings. The van der Waals surface area contributed by atoms with E-state index < -0.39 is 12.3 Å². The van der Waals surface area contributed by atoms with Crippen molar-refractivity contribution in [2.45, 2.75) is 31.5 Å². The maximum atomic E-state index is 12.6. The van der Waals surface area contributed by atoms with E-state index in [0.717, 1.165) is 6.42 Å². The van der Waals surface area contributed by atoms with Gasteiger partial charge in [-0.05, 0) is 42.7 Å². The second kappa shape index (κ2) is 7.73. The number of carbonyl (C=O) groups excluding carboxylic acids is 1. The molecule has 6 N–H and O–H groups in total. The fourth-order valence-electron chi connectivity index (χ4n) is 3.28. The summed E-state index contributed by atoms with van der Waals surface area (Å²) in [6.45, 7) is 0.546. The number of aromatic hydroxyl groups is 4. The molecule has 2 atom stereocenters. The van der Waals surface area contributed by atoms with E-state index in [-0.39, 0.29) is 35.3 Å². The van der Waals surface area contributed by atoms with Crippen molar-refractivity contribution in [3.05, 3.63) is 42.0 Å². The van der Waals surface area contributed by atoms with Crippen LogP contribution in [0.15, 0.2) is 36.4 Å². The van der Waals surface area contributed by atoms with Gasteiger partial charge in [0.15, 0.2) is 23.0 Å². The number of aliphatic hydroxyl groups excluding tert-OH is 1. The van der Waals surface area contributed by atoms with E-state index >= 15 is 0 Å². The molecule has 8 nitrogen and oxygen atoms in total. The zero-order valence-electron chi connectivity index (χ0n) is 14.5. The summed E-state index contributed by atoms with van der Waals surface area (Å²) in [7, 11) is 0. The Bertz CT molecular complexity index is 841. The topological polar surface area (TPSA) is 133 Å². The van der Waals surface area contributed by atoms with Crippen molar-refractivity contribution in [2.75, 3.05) is 11.9 Å². The zero-order valence-corrected chi connectivity index (χ0v) is 14.5. The van der Waals surface area contributed by atoms with Gasteiger partial charge in [0, 0.05) is 24.7 Å². The number of nitrogens with one attached hydrogen (secondary N) is 1. The van der Waals surface area contributed by atoms with Gasteiger partial charge in [-0.1, -0.05) is 6.07 Å². The van der Waals surface area contributed by atoms with Crippen LogP contribution < -0.4 is 5.32 Å². The Kier molecular flexibility index (Phi) is 5.38. The number of aliphatic hydroxyl groups is 1. The van der Waals surface area contributed by atoms with Crippen molar-refractivity contribution in [3.8, 4) is 23.0 Å². The standard InChI is InChI=1S/C19H22N2O6/c22-14-5-3-11(8-16(14)24)9-18(26)21-7-1-2-13(21)19(27)20-12-4-6-15(23)17(25)10-12/h3-6,8,10,13,18,22-26H,1-2,7,9H2,(H,20,27). The predicted octanol–water partition coefficient (Wildman–Crippen LogP) is 1.47. The average molecular weight is 374 g/mol. The number of hydrogen-bond acceptors (Lipinski definition) is 7. The highest BCUT2D eigenvalue weighted by atomic mass is 16.3. The Balaban J connectivity index is 1.67.